The van der Waals surface area contributed by atoms with Gasteiger partial charge in [-0.05, 0) is 24.3 Å². The van der Waals surface area contributed by atoms with Gasteiger partial charge in [0.15, 0.2) is 0 Å². The topological polar surface area (TPSA) is 101 Å². The van der Waals surface area contributed by atoms with Crippen molar-refractivity contribution in [2.45, 2.75) is 4.90 Å². The Morgan fingerprint density at radius 3 is 1.80 bits per heavy atom. The van der Waals surface area contributed by atoms with E-state index in [4.69, 9.17) is 5.73 Å². The van der Waals surface area contributed by atoms with Crippen LogP contribution in [0.15, 0.2) is 29.2 Å². The minimum Gasteiger partial charge on any atom is -0.399 e. The molecule has 0 aliphatic carbocycles. The van der Waals surface area contributed by atoms with E-state index in [9.17, 15) is 16.8 Å². The highest BCUT2D eigenvalue weighted by atomic mass is 32.2. The van der Waals surface area contributed by atoms with Gasteiger partial charge in [-0.3, -0.25) is 0 Å². The van der Waals surface area contributed by atoms with Gasteiger partial charge in [-0.2, -0.15) is 8.61 Å². The van der Waals surface area contributed by atoms with E-state index in [1.54, 1.807) is 0 Å². The first-order valence-electron chi connectivity index (χ1n) is 6.02. The van der Waals surface area contributed by atoms with Crippen molar-refractivity contribution >= 4 is 25.7 Å². The van der Waals surface area contributed by atoms with Crippen LogP contribution >= 0.6 is 0 Å². The third-order valence-electron chi connectivity index (χ3n) is 3.18. The van der Waals surface area contributed by atoms with Crippen LogP contribution < -0.4 is 5.73 Å². The van der Waals surface area contributed by atoms with E-state index in [2.05, 4.69) is 0 Å². The van der Waals surface area contributed by atoms with Gasteiger partial charge in [0.25, 0.3) is 0 Å². The summed E-state index contributed by atoms with van der Waals surface area (Å²) in [4.78, 5) is 0.166. The van der Waals surface area contributed by atoms with Gasteiger partial charge in [0.2, 0.25) is 20.0 Å². The number of benzene rings is 1. The maximum atomic E-state index is 12.4. The highest BCUT2D eigenvalue weighted by Crippen LogP contribution is 2.19. The summed E-state index contributed by atoms with van der Waals surface area (Å²) in [5.41, 5.74) is 6.02. The molecule has 9 heteroatoms. The standard InChI is InChI=1S/C11H17N3O4S2/c1-19(15,16)13-6-8-14(9-7-13)20(17,18)11-4-2-10(12)3-5-11/h2-5H,6-9,12H2,1H3. The van der Waals surface area contributed by atoms with Crippen molar-refractivity contribution in [3.05, 3.63) is 24.3 Å². The fourth-order valence-electron chi connectivity index (χ4n) is 2.03. The SMILES string of the molecule is CS(=O)(=O)N1CCN(S(=O)(=O)c2ccc(N)cc2)CC1. The maximum absolute atomic E-state index is 12.4. The van der Waals surface area contributed by atoms with Gasteiger partial charge in [0, 0.05) is 31.9 Å². The molecule has 1 heterocycles. The summed E-state index contributed by atoms with van der Waals surface area (Å²) in [6, 6.07) is 5.96. The number of anilines is 1. The zero-order valence-corrected chi connectivity index (χ0v) is 12.7. The molecule has 1 fully saturated rings. The molecular formula is C11H17N3O4S2. The summed E-state index contributed by atoms with van der Waals surface area (Å²) in [6.07, 6.45) is 1.12. The molecule has 1 aliphatic rings. The lowest BCUT2D eigenvalue weighted by Gasteiger charge is -2.32. The molecule has 1 aromatic carbocycles. The second kappa shape index (κ2) is 5.32. The number of nitrogens with two attached hydrogens (primary N) is 1. The lowest BCUT2D eigenvalue weighted by Crippen LogP contribution is -2.50. The van der Waals surface area contributed by atoms with Crippen molar-refractivity contribution in [1.82, 2.24) is 8.61 Å². The molecule has 2 N–H and O–H groups in total. The summed E-state index contributed by atoms with van der Waals surface area (Å²) >= 11 is 0. The number of hydrogen-bond acceptors (Lipinski definition) is 5. The summed E-state index contributed by atoms with van der Waals surface area (Å²) in [7, 11) is -6.86. The zero-order valence-electron chi connectivity index (χ0n) is 11.1. The highest BCUT2D eigenvalue weighted by Gasteiger charge is 2.31. The number of rotatable bonds is 3. The van der Waals surface area contributed by atoms with Crippen molar-refractivity contribution < 1.29 is 16.8 Å². The average Bonchev–Trinajstić information content (AvgIpc) is 2.38. The van der Waals surface area contributed by atoms with Crippen molar-refractivity contribution in [2.75, 3.05) is 38.2 Å². The molecule has 0 saturated carbocycles. The third kappa shape index (κ3) is 3.11. The Hall–Kier alpha value is -1.16. The molecule has 0 atom stereocenters. The van der Waals surface area contributed by atoms with E-state index in [0.29, 0.717) is 5.69 Å². The lowest BCUT2D eigenvalue weighted by atomic mass is 10.3. The second-order valence-corrected chi connectivity index (χ2v) is 8.56. The zero-order chi connectivity index (χ0) is 15.0. The number of sulfonamides is 2. The van der Waals surface area contributed by atoms with Crippen molar-refractivity contribution in [3.63, 3.8) is 0 Å². The Morgan fingerprint density at radius 1 is 0.900 bits per heavy atom. The Balaban J connectivity index is 2.15. The van der Waals surface area contributed by atoms with Crippen LogP contribution in [0.3, 0.4) is 0 Å². The van der Waals surface area contributed by atoms with E-state index in [0.717, 1.165) is 6.26 Å². The van der Waals surface area contributed by atoms with Gasteiger partial charge in [0.05, 0.1) is 11.2 Å². The molecule has 0 amide bonds. The molecule has 0 spiro atoms. The molecule has 2 rings (SSSR count). The summed E-state index contributed by atoms with van der Waals surface area (Å²) in [5.74, 6) is 0. The minimum atomic E-state index is -3.59. The fraction of sp³-hybridized carbons (Fsp3) is 0.455. The quantitative estimate of drug-likeness (QED) is 0.759. The summed E-state index contributed by atoms with van der Waals surface area (Å²) in [5, 5.41) is 0. The molecule has 0 bridgehead atoms. The average molecular weight is 319 g/mol. The van der Waals surface area contributed by atoms with Gasteiger partial charge in [-0.15, -0.1) is 0 Å². The molecular weight excluding hydrogens is 302 g/mol. The van der Waals surface area contributed by atoms with Gasteiger partial charge >= 0.3 is 0 Å². The first-order chi connectivity index (χ1) is 9.21. The van der Waals surface area contributed by atoms with Crippen molar-refractivity contribution in [3.8, 4) is 0 Å². The van der Waals surface area contributed by atoms with Crippen LogP contribution in [0.4, 0.5) is 5.69 Å². The smallest absolute Gasteiger partial charge is 0.243 e. The maximum Gasteiger partial charge on any atom is 0.243 e. The van der Waals surface area contributed by atoms with Crippen LogP contribution in [0.5, 0.6) is 0 Å². The summed E-state index contributed by atoms with van der Waals surface area (Å²) in [6.45, 7) is 0.652. The Morgan fingerprint density at radius 2 is 1.35 bits per heavy atom. The molecule has 20 heavy (non-hydrogen) atoms. The molecule has 0 aromatic heterocycles. The van der Waals surface area contributed by atoms with Crippen LogP contribution in [0.1, 0.15) is 0 Å². The van der Waals surface area contributed by atoms with E-state index in [1.165, 1.54) is 32.9 Å². The van der Waals surface area contributed by atoms with Crippen molar-refractivity contribution in [2.24, 2.45) is 0 Å². The Labute approximate surface area is 119 Å². The predicted octanol–water partition coefficient (Wildman–Crippen LogP) is -0.465. The van der Waals surface area contributed by atoms with Crippen LogP contribution in [-0.2, 0) is 20.0 Å². The van der Waals surface area contributed by atoms with E-state index >= 15 is 0 Å². The van der Waals surface area contributed by atoms with E-state index in [1.807, 2.05) is 0 Å². The number of piperazine rings is 1. The van der Waals surface area contributed by atoms with Crippen LogP contribution in [0, 0.1) is 0 Å². The first kappa shape index (κ1) is 15.2. The second-order valence-electron chi connectivity index (χ2n) is 4.64. The van der Waals surface area contributed by atoms with Gasteiger partial charge in [0.1, 0.15) is 0 Å². The summed E-state index contributed by atoms with van der Waals surface area (Å²) < 4.78 is 50.1. The normalized spacial score (nSPS) is 19.1. The largest absolute Gasteiger partial charge is 0.399 e. The molecule has 1 aliphatic heterocycles. The monoisotopic (exact) mass is 319 g/mol. The van der Waals surface area contributed by atoms with E-state index in [-0.39, 0.29) is 31.1 Å². The molecule has 1 aromatic rings. The van der Waals surface area contributed by atoms with E-state index < -0.39 is 20.0 Å². The fourth-order valence-corrected chi connectivity index (χ4v) is 4.28. The van der Waals surface area contributed by atoms with Crippen molar-refractivity contribution in [1.29, 1.82) is 0 Å². The minimum absolute atomic E-state index is 0.153. The highest BCUT2D eigenvalue weighted by molar-refractivity contribution is 7.89. The van der Waals surface area contributed by atoms with Gasteiger partial charge in [-0.25, -0.2) is 16.8 Å². The van der Waals surface area contributed by atoms with Crippen LogP contribution in [0.2, 0.25) is 0 Å². The number of nitrogens with zero attached hydrogens (tertiary/aromatic N) is 2. The molecule has 7 nitrogen and oxygen atoms in total. The molecule has 1 saturated heterocycles. The lowest BCUT2D eigenvalue weighted by molar-refractivity contribution is 0.274. The number of nitrogen functional groups attached to an aromatic ring is 1. The van der Waals surface area contributed by atoms with Gasteiger partial charge in [-0.1, -0.05) is 0 Å². The van der Waals surface area contributed by atoms with Crippen LogP contribution in [-0.4, -0.2) is 57.9 Å². The van der Waals surface area contributed by atoms with Crippen LogP contribution in [0.25, 0.3) is 0 Å². The Kier molecular flexibility index (Phi) is 4.05. The third-order valence-corrected chi connectivity index (χ3v) is 6.40. The molecule has 0 unspecified atom stereocenters. The predicted molar refractivity (Wildman–Crippen MR) is 76.0 cm³/mol. The number of hydrogen-bond donors (Lipinski definition) is 1. The first-order valence-corrected chi connectivity index (χ1v) is 9.31. The molecule has 112 valence electrons. The Bertz CT molecular complexity index is 675. The van der Waals surface area contributed by atoms with Gasteiger partial charge < -0.3 is 5.73 Å². The molecule has 0 radical (unpaired) electrons.